The van der Waals surface area contributed by atoms with Crippen LogP contribution in [0.3, 0.4) is 0 Å². The van der Waals surface area contributed by atoms with Gasteiger partial charge in [0.1, 0.15) is 6.07 Å². The highest BCUT2D eigenvalue weighted by molar-refractivity contribution is 5.32. The molecule has 0 N–H and O–H groups in total. The van der Waals surface area contributed by atoms with Crippen LogP contribution >= 0.6 is 0 Å². The Balaban J connectivity index is 2.26. The molecule has 0 saturated heterocycles. The molecule has 0 unspecified atom stereocenters. The summed E-state index contributed by atoms with van der Waals surface area (Å²) in [5, 5.41) is 8.80. The van der Waals surface area contributed by atoms with Gasteiger partial charge in [0.15, 0.2) is 0 Å². The van der Waals surface area contributed by atoms with E-state index in [4.69, 9.17) is 10.00 Å². The number of hydrogen-bond donors (Lipinski definition) is 0. The first-order chi connectivity index (χ1) is 8.33. The number of hydrogen-bond acceptors (Lipinski definition) is 4. The van der Waals surface area contributed by atoms with Crippen molar-refractivity contribution in [2.45, 2.75) is 6.42 Å². The molecule has 0 saturated carbocycles. The number of nitriles is 1. The first-order valence-electron chi connectivity index (χ1n) is 5.17. The highest BCUT2D eigenvalue weighted by atomic mass is 16.5. The highest BCUT2D eigenvalue weighted by Crippen LogP contribution is 2.13. The molecule has 0 aliphatic carbocycles. The molecule has 0 radical (unpaired) electrons. The molecule has 0 aliphatic rings. The first kappa shape index (κ1) is 11.1. The van der Waals surface area contributed by atoms with E-state index in [9.17, 15) is 0 Å². The molecule has 2 rings (SSSR count). The van der Waals surface area contributed by atoms with Gasteiger partial charge >= 0.3 is 0 Å². The van der Waals surface area contributed by atoms with Gasteiger partial charge in [-0.05, 0) is 5.56 Å². The zero-order chi connectivity index (χ0) is 12.1. The van der Waals surface area contributed by atoms with Crippen LogP contribution in [0, 0.1) is 11.3 Å². The SMILES string of the molecule is COc1nc(Cc2ccccc2)cnc1C#N. The Hall–Kier alpha value is -2.41. The van der Waals surface area contributed by atoms with Crippen molar-refractivity contribution in [2.24, 2.45) is 0 Å². The normalized spacial score (nSPS) is 9.65. The standard InChI is InChI=1S/C13H11N3O/c1-17-13-12(8-14)15-9-11(16-13)7-10-5-3-2-4-6-10/h2-6,9H,7H2,1H3. The van der Waals surface area contributed by atoms with Gasteiger partial charge in [0.2, 0.25) is 5.69 Å². The summed E-state index contributed by atoms with van der Waals surface area (Å²) in [6.07, 6.45) is 2.28. The number of benzene rings is 1. The predicted molar refractivity (Wildman–Crippen MR) is 62.5 cm³/mol. The van der Waals surface area contributed by atoms with Crippen molar-refractivity contribution in [3.05, 3.63) is 53.5 Å². The zero-order valence-electron chi connectivity index (χ0n) is 9.42. The van der Waals surface area contributed by atoms with Gasteiger partial charge in [-0.2, -0.15) is 5.26 Å². The third-order valence-corrected chi connectivity index (χ3v) is 2.32. The summed E-state index contributed by atoms with van der Waals surface area (Å²) in [6.45, 7) is 0. The van der Waals surface area contributed by atoms with Crippen molar-refractivity contribution in [1.82, 2.24) is 9.97 Å². The van der Waals surface area contributed by atoms with Crippen LogP contribution in [0.15, 0.2) is 36.5 Å². The maximum Gasteiger partial charge on any atom is 0.251 e. The summed E-state index contributed by atoms with van der Waals surface area (Å²) in [5.74, 6) is 0.279. The van der Waals surface area contributed by atoms with Crippen LogP contribution in [0.2, 0.25) is 0 Å². The third-order valence-electron chi connectivity index (χ3n) is 2.32. The van der Waals surface area contributed by atoms with Gasteiger partial charge in [0.05, 0.1) is 19.0 Å². The van der Waals surface area contributed by atoms with Crippen molar-refractivity contribution in [2.75, 3.05) is 7.11 Å². The van der Waals surface area contributed by atoms with Crippen molar-refractivity contribution in [3.63, 3.8) is 0 Å². The average Bonchev–Trinajstić information content (AvgIpc) is 2.40. The van der Waals surface area contributed by atoms with Crippen LogP contribution < -0.4 is 4.74 Å². The second-order valence-corrected chi connectivity index (χ2v) is 3.49. The average molecular weight is 225 g/mol. The Kier molecular flexibility index (Phi) is 3.31. The molecule has 84 valence electrons. The molecule has 17 heavy (non-hydrogen) atoms. The van der Waals surface area contributed by atoms with Gasteiger partial charge in [-0.15, -0.1) is 0 Å². The lowest BCUT2D eigenvalue weighted by molar-refractivity contribution is 0.392. The molecule has 0 fully saturated rings. The lowest BCUT2D eigenvalue weighted by Crippen LogP contribution is -2.00. The van der Waals surface area contributed by atoms with E-state index in [0.29, 0.717) is 6.42 Å². The monoisotopic (exact) mass is 225 g/mol. The summed E-state index contributed by atoms with van der Waals surface area (Å²) in [6, 6.07) is 11.9. The topological polar surface area (TPSA) is 58.8 Å². The van der Waals surface area contributed by atoms with E-state index in [-0.39, 0.29) is 11.6 Å². The van der Waals surface area contributed by atoms with Gasteiger partial charge in [-0.25, -0.2) is 9.97 Å². The van der Waals surface area contributed by atoms with Crippen LogP contribution in [-0.2, 0) is 6.42 Å². The molecule has 2 aromatic rings. The van der Waals surface area contributed by atoms with Crippen molar-refractivity contribution in [3.8, 4) is 11.9 Å². The summed E-state index contributed by atoms with van der Waals surface area (Å²) in [5.41, 5.74) is 2.14. The quantitative estimate of drug-likeness (QED) is 0.801. The molecule has 0 aliphatic heterocycles. The largest absolute Gasteiger partial charge is 0.479 e. The Labute approximate surface area is 99.5 Å². The van der Waals surface area contributed by atoms with Crippen LogP contribution in [-0.4, -0.2) is 17.1 Å². The summed E-state index contributed by atoms with van der Waals surface area (Å²) >= 11 is 0. The fourth-order valence-corrected chi connectivity index (χ4v) is 1.52. The number of nitrogens with zero attached hydrogens (tertiary/aromatic N) is 3. The predicted octanol–water partition coefficient (Wildman–Crippen LogP) is 1.95. The second-order valence-electron chi connectivity index (χ2n) is 3.49. The third kappa shape index (κ3) is 2.58. The summed E-state index contributed by atoms with van der Waals surface area (Å²) in [7, 11) is 1.48. The number of ether oxygens (including phenoxy) is 1. The molecule has 4 heteroatoms. The van der Waals surface area contributed by atoms with Gasteiger partial charge < -0.3 is 4.74 Å². The molecular formula is C13H11N3O. The van der Waals surface area contributed by atoms with Crippen molar-refractivity contribution < 1.29 is 4.74 Å². The van der Waals surface area contributed by atoms with E-state index in [1.54, 1.807) is 6.20 Å². The molecule has 0 spiro atoms. The lowest BCUT2D eigenvalue weighted by Gasteiger charge is -2.04. The van der Waals surface area contributed by atoms with E-state index < -0.39 is 0 Å². The maximum absolute atomic E-state index is 8.80. The Morgan fingerprint density at radius 1 is 1.29 bits per heavy atom. The van der Waals surface area contributed by atoms with Crippen LogP contribution in [0.4, 0.5) is 0 Å². The molecule has 0 bridgehead atoms. The lowest BCUT2D eigenvalue weighted by atomic mass is 10.1. The van der Waals surface area contributed by atoms with Gasteiger partial charge in [0, 0.05) is 6.42 Å². The second kappa shape index (κ2) is 5.08. The summed E-state index contributed by atoms with van der Waals surface area (Å²) in [4.78, 5) is 8.27. The van der Waals surface area contributed by atoms with Crippen LogP contribution in [0.25, 0.3) is 0 Å². The Morgan fingerprint density at radius 2 is 2.06 bits per heavy atom. The molecule has 0 atom stereocenters. The van der Waals surface area contributed by atoms with E-state index >= 15 is 0 Å². The van der Waals surface area contributed by atoms with Gasteiger partial charge in [-0.1, -0.05) is 30.3 Å². The summed E-state index contributed by atoms with van der Waals surface area (Å²) < 4.78 is 5.02. The van der Waals surface area contributed by atoms with Gasteiger partial charge in [-0.3, -0.25) is 0 Å². The van der Waals surface area contributed by atoms with E-state index in [1.807, 2.05) is 36.4 Å². The fraction of sp³-hybridized carbons (Fsp3) is 0.154. The maximum atomic E-state index is 8.80. The molecule has 1 aromatic heterocycles. The van der Waals surface area contributed by atoms with Gasteiger partial charge in [0.25, 0.3) is 5.88 Å². The minimum atomic E-state index is 0.212. The number of rotatable bonds is 3. The first-order valence-corrected chi connectivity index (χ1v) is 5.17. The molecule has 4 nitrogen and oxygen atoms in total. The minimum absolute atomic E-state index is 0.212. The highest BCUT2D eigenvalue weighted by Gasteiger charge is 2.07. The Morgan fingerprint density at radius 3 is 2.71 bits per heavy atom. The van der Waals surface area contributed by atoms with E-state index in [1.165, 1.54) is 7.11 Å². The van der Waals surface area contributed by atoms with Crippen molar-refractivity contribution in [1.29, 1.82) is 5.26 Å². The Bertz CT molecular complexity index is 546. The molecule has 0 amide bonds. The molecular weight excluding hydrogens is 214 g/mol. The van der Waals surface area contributed by atoms with Crippen molar-refractivity contribution >= 4 is 0 Å². The van der Waals surface area contributed by atoms with Crippen LogP contribution in [0.5, 0.6) is 5.88 Å². The number of methoxy groups -OCH3 is 1. The van der Waals surface area contributed by atoms with E-state index in [0.717, 1.165) is 11.3 Å². The smallest absolute Gasteiger partial charge is 0.251 e. The zero-order valence-corrected chi connectivity index (χ0v) is 9.42. The minimum Gasteiger partial charge on any atom is -0.479 e. The van der Waals surface area contributed by atoms with E-state index in [2.05, 4.69) is 9.97 Å². The fourth-order valence-electron chi connectivity index (χ4n) is 1.52. The number of aromatic nitrogens is 2. The molecule has 1 heterocycles. The molecule has 1 aromatic carbocycles. The van der Waals surface area contributed by atoms with Crippen LogP contribution in [0.1, 0.15) is 17.0 Å².